The van der Waals surface area contributed by atoms with Crippen molar-refractivity contribution in [3.05, 3.63) is 24.4 Å². The molecule has 0 bridgehead atoms. The highest BCUT2D eigenvalue weighted by Gasteiger charge is 2.30. The van der Waals surface area contributed by atoms with Crippen LogP contribution in [0.5, 0.6) is 0 Å². The van der Waals surface area contributed by atoms with Gasteiger partial charge in [-0.1, -0.05) is 19.9 Å². The molecule has 1 N–H and O–H groups in total. The van der Waals surface area contributed by atoms with Gasteiger partial charge in [-0.05, 0) is 25.5 Å². The summed E-state index contributed by atoms with van der Waals surface area (Å²) in [6.07, 6.45) is 2.51. The number of sulfonamides is 1. The highest BCUT2D eigenvalue weighted by atomic mass is 32.2. The maximum atomic E-state index is 12.9. The molecule has 6 nitrogen and oxygen atoms in total. The Bertz CT molecular complexity index is 709. The molecule has 0 saturated carbocycles. The molecule has 0 spiro atoms. The SMILES string of the molecule is CCCN(CC)S(=O)(=O)c1c(NCC)nc2ccccn12. The Kier molecular flexibility index (Phi) is 4.84. The Morgan fingerprint density at radius 3 is 2.67 bits per heavy atom. The van der Waals surface area contributed by atoms with Gasteiger partial charge in [0.25, 0.3) is 10.0 Å². The van der Waals surface area contributed by atoms with Crippen molar-refractivity contribution in [3.63, 3.8) is 0 Å². The normalized spacial score (nSPS) is 12.2. The van der Waals surface area contributed by atoms with Crippen molar-refractivity contribution in [2.45, 2.75) is 32.2 Å². The van der Waals surface area contributed by atoms with Gasteiger partial charge >= 0.3 is 0 Å². The lowest BCUT2D eigenvalue weighted by atomic mass is 10.5. The van der Waals surface area contributed by atoms with E-state index in [4.69, 9.17) is 0 Å². The number of pyridine rings is 1. The Hall–Kier alpha value is -1.60. The first-order chi connectivity index (χ1) is 10.1. The van der Waals surface area contributed by atoms with Crippen LogP contribution in [0.3, 0.4) is 0 Å². The monoisotopic (exact) mass is 310 g/mol. The van der Waals surface area contributed by atoms with Gasteiger partial charge < -0.3 is 5.32 Å². The van der Waals surface area contributed by atoms with E-state index in [1.807, 2.05) is 26.8 Å². The smallest absolute Gasteiger partial charge is 0.262 e. The van der Waals surface area contributed by atoms with Gasteiger partial charge in [0.05, 0.1) is 0 Å². The quantitative estimate of drug-likeness (QED) is 0.851. The second kappa shape index (κ2) is 6.44. The molecule has 0 radical (unpaired) electrons. The van der Waals surface area contributed by atoms with Crippen LogP contribution in [-0.4, -0.2) is 41.7 Å². The van der Waals surface area contributed by atoms with Crippen molar-refractivity contribution >= 4 is 21.5 Å². The Morgan fingerprint density at radius 1 is 1.29 bits per heavy atom. The zero-order valence-electron chi connectivity index (χ0n) is 12.7. The molecule has 0 saturated heterocycles. The highest BCUT2D eigenvalue weighted by molar-refractivity contribution is 7.89. The lowest BCUT2D eigenvalue weighted by Crippen LogP contribution is -2.32. The number of hydrogen-bond donors (Lipinski definition) is 1. The maximum absolute atomic E-state index is 12.9. The van der Waals surface area contributed by atoms with E-state index in [2.05, 4.69) is 10.3 Å². The molecule has 116 valence electrons. The largest absolute Gasteiger partial charge is 0.368 e. The van der Waals surface area contributed by atoms with Crippen LogP contribution in [0.4, 0.5) is 5.82 Å². The summed E-state index contributed by atoms with van der Waals surface area (Å²) in [5.41, 5.74) is 0.625. The van der Waals surface area contributed by atoms with Crippen LogP contribution in [-0.2, 0) is 10.0 Å². The lowest BCUT2D eigenvalue weighted by molar-refractivity contribution is 0.424. The second-order valence-electron chi connectivity index (χ2n) is 4.72. The highest BCUT2D eigenvalue weighted by Crippen LogP contribution is 2.26. The molecule has 0 fully saturated rings. The third-order valence-corrected chi connectivity index (χ3v) is 5.24. The van der Waals surface area contributed by atoms with Gasteiger partial charge in [0.1, 0.15) is 5.65 Å². The first kappa shape index (κ1) is 15.8. The number of anilines is 1. The summed E-state index contributed by atoms with van der Waals surface area (Å²) in [5, 5.41) is 3.27. The van der Waals surface area contributed by atoms with E-state index in [1.165, 1.54) is 4.31 Å². The van der Waals surface area contributed by atoms with E-state index in [0.29, 0.717) is 31.1 Å². The molecule has 7 heteroatoms. The van der Waals surface area contributed by atoms with Crippen molar-refractivity contribution in [1.29, 1.82) is 0 Å². The molecular weight excluding hydrogens is 288 g/mol. The zero-order chi connectivity index (χ0) is 15.5. The van der Waals surface area contributed by atoms with E-state index in [1.54, 1.807) is 22.7 Å². The fraction of sp³-hybridized carbons (Fsp3) is 0.500. The minimum atomic E-state index is -3.58. The average Bonchev–Trinajstić information content (AvgIpc) is 2.83. The summed E-state index contributed by atoms with van der Waals surface area (Å²) in [6.45, 7) is 7.31. The van der Waals surface area contributed by atoms with E-state index >= 15 is 0 Å². The molecule has 21 heavy (non-hydrogen) atoms. The zero-order valence-corrected chi connectivity index (χ0v) is 13.5. The van der Waals surface area contributed by atoms with Gasteiger partial charge in [0, 0.05) is 25.8 Å². The van der Waals surface area contributed by atoms with Crippen LogP contribution in [0.25, 0.3) is 5.65 Å². The molecule has 0 aliphatic carbocycles. The van der Waals surface area contributed by atoms with Crippen LogP contribution in [0, 0.1) is 0 Å². The predicted octanol–water partition coefficient (Wildman–Crippen LogP) is 2.19. The number of imidazole rings is 1. The van der Waals surface area contributed by atoms with Gasteiger partial charge in [0.15, 0.2) is 10.8 Å². The average molecular weight is 310 g/mol. The molecule has 0 amide bonds. The maximum Gasteiger partial charge on any atom is 0.262 e. The summed E-state index contributed by atoms with van der Waals surface area (Å²) in [4.78, 5) is 4.39. The van der Waals surface area contributed by atoms with Crippen LogP contribution in [0.2, 0.25) is 0 Å². The van der Waals surface area contributed by atoms with E-state index in [-0.39, 0.29) is 5.03 Å². The topological polar surface area (TPSA) is 66.7 Å². The number of nitrogens with one attached hydrogen (secondary N) is 1. The van der Waals surface area contributed by atoms with Crippen molar-refractivity contribution in [1.82, 2.24) is 13.7 Å². The molecule has 0 aromatic carbocycles. The van der Waals surface area contributed by atoms with Gasteiger partial charge in [-0.25, -0.2) is 13.4 Å². The molecule has 0 aliphatic heterocycles. The molecule has 0 unspecified atom stereocenters. The fourth-order valence-electron chi connectivity index (χ4n) is 2.32. The molecule has 0 atom stereocenters. The minimum Gasteiger partial charge on any atom is -0.368 e. The van der Waals surface area contributed by atoms with Crippen molar-refractivity contribution in [2.24, 2.45) is 0 Å². The van der Waals surface area contributed by atoms with E-state index < -0.39 is 10.0 Å². The van der Waals surface area contributed by atoms with Crippen molar-refractivity contribution in [3.8, 4) is 0 Å². The number of aromatic nitrogens is 2. The van der Waals surface area contributed by atoms with E-state index in [0.717, 1.165) is 6.42 Å². The summed E-state index contributed by atoms with van der Waals surface area (Å²) < 4.78 is 29.0. The number of rotatable bonds is 7. The summed E-state index contributed by atoms with van der Waals surface area (Å²) in [6, 6.07) is 5.45. The summed E-state index contributed by atoms with van der Waals surface area (Å²) in [5.74, 6) is 0.415. The van der Waals surface area contributed by atoms with Gasteiger partial charge in [0.2, 0.25) is 0 Å². The Morgan fingerprint density at radius 2 is 2.05 bits per heavy atom. The third-order valence-electron chi connectivity index (χ3n) is 3.24. The predicted molar refractivity (Wildman–Crippen MR) is 84.1 cm³/mol. The van der Waals surface area contributed by atoms with Crippen LogP contribution < -0.4 is 5.32 Å². The standard InChI is InChI=1S/C14H22N4O2S/c1-4-10-17(6-3)21(19,20)14-13(15-5-2)16-12-9-7-8-11-18(12)14/h7-9,11,15H,4-6,10H2,1-3H3. The van der Waals surface area contributed by atoms with E-state index in [9.17, 15) is 8.42 Å². The summed E-state index contributed by atoms with van der Waals surface area (Å²) >= 11 is 0. The fourth-order valence-corrected chi connectivity index (χ4v) is 4.09. The van der Waals surface area contributed by atoms with Crippen LogP contribution >= 0.6 is 0 Å². The number of hydrogen-bond acceptors (Lipinski definition) is 4. The Balaban J connectivity index is 2.65. The minimum absolute atomic E-state index is 0.218. The van der Waals surface area contributed by atoms with Gasteiger partial charge in [-0.3, -0.25) is 4.40 Å². The molecule has 2 aromatic heterocycles. The second-order valence-corrected chi connectivity index (χ2v) is 6.57. The molecule has 2 heterocycles. The number of nitrogens with zero attached hydrogens (tertiary/aromatic N) is 3. The molecular formula is C14H22N4O2S. The van der Waals surface area contributed by atoms with Crippen LogP contribution in [0.15, 0.2) is 29.4 Å². The summed E-state index contributed by atoms with van der Waals surface area (Å²) in [7, 11) is -3.58. The molecule has 0 aliphatic rings. The van der Waals surface area contributed by atoms with Gasteiger partial charge in [-0.2, -0.15) is 4.31 Å². The van der Waals surface area contributed by atoms with Gasteiger partial charge in [-0.15, -0.1) is 0 Å². The van der Waals surface area contributed by atoms with Crippen molar-refractivity contribution in [2.75, 3.05) is 25.0 Å². The Labute approximate surface area is 125 Å². The third kappa shape index (κ3) is 2.89. The first-order valence-corrected chi connectivity index (χ1v) is 8.71. The first-order valence-electron chi connectivity index (χ1n) is 7.27. The van der Waals surface area contributed by atoms with Crippen LogP contribution in [0.1, 0.15) is 27.2 Å². The molecule has 2 rings (SSSR count). The number of fused-ring (bicyclic) bond motifs is 1. The van der Waals surface area contributed by atoms with Crippen molar-refractivity contribution < 1.29 is 8.42 Å². The molecule has 2 aromatic rings. The lowest BCUT2D eigenvalue weighted by Gasteiger charge is -2.20.